The molecule has 5 heteroatoms. The van der Waals surface area contributed by atoms with Crippen LogP contribution in [0.5, 0.6) is 0 Å². The highest BCUT2D eigenvalue weighted by Crippen LogP contribution is 2.61. The molecule has 0 amide bonds. The maximum Gasteiger partial charge on any atom is 0.182 e. The second-order valence-electron chi connectivity index (χ2n) is 10.7. The summed E-state index contributed by atoms with van der Waals surface area (Å²) in [6.45, 7) is 9.03. The van der Waals surface area contributed by atoms with Gasteiger partial charge in [-0.15, -0.1) is 0 Å². The average Bonchev–Trinajstić information content (AvgIpc) is 3.22. The molecule has 0 bridgehead atoms. The van der Waals surface area contributed by atoms with Crippen molar-refractivity contribution in [2.45, 2.75) is 87.5 Å². The Labute approximate surface area is 204 Å². The third-order valence-electron chi connectivity index (χ3n) is 7.38. The minimum atomic E-state index is -0.308. The summed E-state index contributed by atoms with van der Waals surface area (Å²) in [6, 6.07) is 8.10. The van der Waals surface area contributed by atoms with Crippen molar-refractivity contribution in [1.82, 2.24) is 4.98 Å². The van der Waals surface area contributed by atoms with Crippen molar-refractivity contribution in [3.63, 3.8) is 0 Å². The molecule has 4 atom stereocenters. The molecule has 0 saturated heterocycles. The molecular formula is C26H32ClINO2+. The second kappa shape index (κ2) is 7.68. The normalized spacial score (nSPS) is 31.3. The van der Waals surface area contributed by atoms with E-state index in [-0.39, 0.29) is 23.2 Å². The van der Waals surface area contributed by atoms with Gasteiger partial charge in [0, 0.05) is 32.2 Å². The van der Waals surface area contributed by atoms with E-state index in [1.807, 2.05) is 12.1 Å². The SMILES string of the molecule is CC(C)c1nc2c(c3c1[C@@H](c1ccc(Cl)cc1)OC31CCCC1I)C([OH2+])CC(C)(C)C2. The van der Waals surface area contributed by atoms with Crippen LogP contribution in [0.25, 0.3) is 0 Å². The molecule has 31 heavy (non-hydrogen) atoms. The molecule has 166 valence electrons. The molecule has 3 nitrogen and oxygen atoms in total. The van der Waals surface area contributed by atoms with Crippen molar-refractivity contribution in [3.8, 4) is 0 Å². The largest absolute Gasteiger partial charge is 0.440 e. The molecular weight excluding hydrogens is 521 g/mol. The molecule has 1 saturated carbocycles. The molecule has 2 aliphatic carbocycles. The van der Waals surface area contributed by atoms with Gasteiger partial charge in [-0.05, 0) is 54.7 Å². The van der Waals surface area contributed by atoms with Crippen molar-refractivity contribution >= 4 is 34.2 Å². The van der Waals surface area contributed by atoms with E-state index >= 15 is 0 Å². The van der Waals surface area contributed by atoms with Crippen molar-refractivity contribution in [2.24, 2.45) is 5.41 Å². The van der Waals surface area contributed by atoms with Crippen LogP contribution in [0.15, 0.2) is 24.3 Å². The lowest BCUT2D eigenvalue weighted by Crippen LogP contribution is -2.35. The van der Waals surface area contributed by atoms with Gasteiger partial charge in [-0.1, -0.05) is 74.0 Å². The molecule has 1 spiro atoms. The van der Waals surface area contributed by atoms with Gasteiger partial charge in [0.15, 0.2) is 6.10 Å². The van der Waals surface area contributed by atoms with E-state index in [0.717, 1.165) is 47.7 Å². The van der Waals surface area contributed by atoms with E-state index < -0.39 is 0 Å². The molecule has 1 aliphatic heterocycles. The zero-order valence-electron chi connectivity index (χ0n) is 18.8. The number of fused-ring (bicyclic) bond motifs is 4. The van der Waals surface area contributed by atoms with Crippen molar-refractivity contribution < 1.29 is 9.84 Å². The quantitative estimate of drug-likeness (QED) is 0.231. The van der Waals surface area contributed by atoms with E-state index in [1.165, 1.54) is 23.1 Å². The number of alkyl halides is 1. The third kappa shape index (κ3) is 3.48. The van der Waals surface area contributed by atoms with Crippen LogP contribution in [-0.4, -0.2) is 14.0 Å². The van der Waals surface area contributed by atoms with Crippen LogP contribution in [0.3, 0.4) is 0 Å². The maximum atomic E-state index is 9.15. The summed E-state index contributed by atoms with van der Waals surface area (Å²) in [4.78, 5) is 5.27. The lowest BCUT2D eigenvalue weighted by Gasteiger charge is -2.37. The minimum Gasteiger partial charge on any atom is -0.440 e. The molecule has 1 aromatic carbocycles. The molecule has 2 aromatic rings. The first kappa shape index (κ1) is 22.1. The zero-order chi connectivity index (χ0) is 22.1. The monoisotopic (exact) mass is 552 g/mol. The van der Waals surface area contributed by atoms with Crippen LogP contribution in [0.4, 0.5) is 0 Å². The number of hydrogen-bond acceptors (Lipinski definition) is 2. The molecule has 3 aliphatic rings. The van der Waals surface area contributed by atoms with E-state index in [9.17, 15) is 0 Å². The molecule has 0 radical (unpaired) electrons. The summed E-state index contributed by atoms with van der Waals surface area (Å²) in [7, 11) is 0. The van der Waals surface area contributed by atoms with Crippen molar-refractivity contribution in [1.29, 1.82) is 0 Å². The fourth-order valence-electron chi connectivity index (χ4n) is 6.08. The highest BCUT2D eigenvalue weighted by Gasteiger charge is 2.57. The van der Waals surface area contributed by atoms with Gasteiger partial charge in [-0.25, -0.2) is 0 Å². The first-order valence-corrected chi connectivity index (χ1v) is 13.1. The Morgan fingerprint density at radius 2 is 1.90 bits per heavy atom. The van der Waals surface area contributed by atoms with E-state index in [4.69, 9.17) is 26.4 Å². The summed E-state index contributed by atoms with van der Waals surface area (Å²) in [5.41, 5.74) is 7.00. The molecule has 2 N–H and O–H groups in total. The lowest BCUT2D eigenvalue weighted by atomic mass is 9.70. The predicted molar refractivity (Wildman–Crippen MR) is 134 cm³/mol. The molecule has 5 rings (SSSR count). The fourth-order valence-corrected chi connectivity index (χ4v) is 7.42. The van der Waals surface area contributed by atoms with Crippen LogP contribution in [0.2, 0.25) is 5.02 Å². The molecule has 2 heterocycles. The predicted octanol–water partition coefficient (Wildman–Crippen LogP) is 6.90. The smallest absolute Gasteiger partial charge is 0.182 e. The van der Waals surface area contributed by atoms with Crippen molar-refractivity contribution in [3.05, 3.63) is 62.9 Å². The third-order valence-corrected chi connectivity index (χ3v) is 9.26. The first-order chi connectivity index (χ1) is 14.6. The molecule has 1 aromatic heterocycles. The number of hydrogen-bond donors (Lipinski definition) is 0. The number of nitrogens with zero attached hydrogens (tertiary/aromatic N) is 1. The van der Waals surface area contributed by atoms with Crippen LogP contribution in [0.1, 0.15) is 105 Å². The van der Waals surface area contributed by atoms with Gasteiger partial charge in [0.1, 0.15) is 11.7 Å². The van der Waals surface area contributed by atoms with Gasteiger partial charge in [0.2, 0.25) is 0 Å². The van der Waals surface area contributed by atoms with Crippen LogP contribution >= 0.6 is 34.2 Å². The standard InChI is InChI=1S/C26H31ClINO2/c1-14(2)23-21-22(20-17(29-23)12-25(3,4)13-18(20)30)26(11-5-6-19(26)28)31-24(21)15-7-9-16(27)10-8-15/h7-10,14,18-19,24,30H,5-6,11-13H2,1-4H3/p+1/t18?,19?,24-,26?/m1/s1. The summed E-state index contributed by atoms with van der Waals surface area (Å²) < 4.78 is 7.51. The van der Waals surface area contributed by atoms with Crippen LogP contribution in [-0.2, 0) is 16.8 Å². The van der Waals surface area contributed by atoms with Crippen LogP contribution < -0.4 is 0 Å². The first-order valence-electron chi connectivity index (χ1n) is 11.5. The van der Waals surface area contributed by atoms with Gasteiger partial charge in [0.25, 0.3) is 0 Å². The minimum absolute atomic E-state index is 0.108. The number of ether oxygens (including phenoxy) is 1. The van der Waals surface area contributed by atoms with Gasteiger partial charge in [0.05, 0.1) is 11.3 Å². The lowest BCUT2D eigenvalue weighted by molar-refractivity contribution is -0.0516. The van der Waals surface area contributed by atoms with Gasteiger partial charge in [-0.2, -0.15) is 0 Å². The van der Waals surface area contributed by atoms with Gasteiger partial charge >= 0.3 is 0 Å². The number of rotatable bonds is 2. The Bertz CT molecular complexity index is 1020. The number of benzene rings is 1. The summed E-state index contributed by atoms with van der Waals surface area (Å²) >= 11 is 8.81. The Morgan fingerprint density at radius 1 is 1.19 bits per heavy atom. The summed E-state index contributed by atoms with van der Waals surface area (Å²) in [6.07, 6.45) is 4.80. The summed E-state index contributed by atoms with van der Waals surface area (Å²) in [5, 5.41) is 9.89. The Morgan fingerprint density at radius 3 is 2.52 bits per heavy atom. The number of pyridine rings is 1. The van der Waals surface area contributed by atoms with Crippen molar-refractivity contribution in [2.75, 3.05) is 0 Å². The average molecular weight is 553 g/mol. The Kier molecular flexibility index (Phi) is 5.48. The Balaban J connectivity index is 1.82. The zero-order valence-corrected chi connectivity index (χ0v) is 21.7. The number of halogens is 2. The van der Waals surface area contributed by atoms with Crippen LogP contribution in [0, 0.1) is 5.41 Å². The molecule has 1 fully saturated rings. The highest BCUT2D eigenvalue weighted by atomic mass is 127. The second-order valence-corrected chi connectivity index (χ2v) is 12.6. The van der Waals surface area contributed by atoms with E-state index in [1.54, 1.807) is 0 Å². The Hall–Kier alpha value is -0.690. The highest BCUT2D eigenvalue weighted by molar-refractivity contribution is 14.1. The number of aromatic nitrogens is 1. The van der Waals surface area contributed by atoms with Gasteiger partial charge < -0.3 is 9.84 Å². The van der Waals surface area contributed by atoms with E-state index in [2.05, 4.69) is 62.4 Å². The molecule has 3 unspecified atom stereocenters. The topological polar surface area (TPSA) is 45.0 Å². The maximum absolute atomic E-state index is 9.15. The van der Waals surface area contributed by atoms with E-state index in [0.29, 0.717) is 9.84 Å². The fraction of sp³-hybridized carbons (Fsp3) is 0.577. The summed E-state index contributed by atoms with van der Waals surface area (Å²) in [5.74, 6) is 0.302. The van der Waals surface area contributed by atoms with Gasteiger partial charge in [-0.3, -0.25) is 4.98 Å².